The summed E-state index contributed by atoms with van der Waals surface area (Å²) in [6, 6.07) is 5.13. The van der Waals surface area contributed by atoms with Gasteiger partial charge in [-0.05, 0) is 70.1 Å². The van der Waals surface area contributed by atoms with Crippen LogP contribution in [0.25, 0.3) is 0 Å². The van der Waals surface area contributed by atoms with Gasteiger partial charge in [-0.15, -0.1) is 0 Å². The molecule has 1 aliphatic rings. The van der Waals surface area contributed by atoms with Crippen molar-refractivity contribution in [2.24, 2.45) is 10.9 Å². The maximum absolute atomic E-state index is 14.3. The van der Waals surface area contributed by atoms with Gasteiger partial charge in [0.25, 0.3) is 0 Å². The molecule has 0 amide bonds. The van der Waals surface area contributed by atoms with E-state index in [-0.39, 0.29) is 11.9 Å². The molecule has 1 aliphatic carbocycles. The summed E-state index contributed by atoms with van der Waals surface area (Å²) in [5.41, 5.74) is 0.869. The number of unbranched alkanes of at least 4 members (excludes halogenated alkanes) is 1. The van der Waals surface area contributed by atoms with Gasteiger partial charge in [0.05, 0.1) is 12.6 Å². The molecule has 0 saturated heterocycles. The molecule has 5 nitrogen and oxygen atoms in total. The maximum atomic E-state index is 14.3. The second-order valence-electron chi connectivity index (χ2n) is 6.97. The quantitative estimate of drug-likeness (QED) is 0.327. The summed E-state index contributed by atoms with van der Waals surface area (Å²) < 4.78 is 25.2. The van der Waals surface area contributed by atoms with Crippen LogP contribution >= 0.6 is 0 Å². The molecule has 1 unspecified atom stereocenters. The molecule has 1 aromatic rings. The van der Waals surface area contributed by atoms with Crippen LogP contribution in [0.3, 0.4) is 0 Å². The number of halogens is 1. The molecule has 1 saturated carbocycles. The largest absolute Gasteiger partial charge is 0.490 e. The Bertz CT molecular complexity index is 591. The van der Waals surface area contributed by atoms with E-state index < -0.39 is 0 Å². The Morgan fingerprint density at radius 2 is 2.11 bits per heavy atom. The summed E-state index contributed by atoms with van der Waals surface area (Å²) in [6.07, 6.45) is 4.37. The molecule has 1 aromatic carbocycles. The van der Waals surface area contributed by atoms with Crippen molar-refractivity contribution in [2.45, 2.75) is 52.5 Å². The first-order chi connectivity index (χ1) is 13.1. The van der Waals surface area contributed by atoms with Gasteiger partial charge in [-0.1, -0.05) is 6.07 Å². The van der Waals surface area contributed by atoms with Crippen LogP contribution < -0.4 is 15.4 Å². The minimum Gasteiger partial charge on any atom is -0.490 e. The van der Waals surface area contributed by atoms with Gasteiger partial charge in [-0.25, -0.2) is 4.39 Å². The highest BCUT2D eigenvalue weighted by Crippen LogP contribution is 2.30. The van der Waals surface area contributed by atoms with Gasteiger partial charge in [0, 0.05) is 26.3 Å². The van der Waals surface area contributed by atoms with Crippen LogP contribution in [-0.2, 0) is 4.74 Å². The van der Waals surface area contributed by atoms with E-state index in [1.54, 1.807) is 12.1 Å². The Balaban J connectivity index is 1.85. The lowest BCUT2D eigenvalue weighted by molar-refractivity contribution is 0.144. The van der Waals surface area contributed by atoms with E-state index in [0.29, 0.717) is 18.3 Å². The van der Waals surface area contributed by atoms with Crippen LogP contribution in [-0.4, -0.2) is 38.9 Å². The average Bonchev–Trinajstić information content (AvgIpc) is 3.48. The third-order valence-electron chi connectivity index (χ3n) is 4.50. The van der Waals surface area contributed by atoms with Crippen molar-refractivity contribution in [1.29, 1.82) is 0 Å². The number of aliphatic imine (C=N–C) groups is 1. The van der Waals surface area contributed by atoms with Crippen molar-refractivity contribution >= 4 is 5.96 Å². The standard InChI is InChI=1S/C21H34FN3O2/c1-4-23-21(24-12-6-7-13-26-5-2)25-16(3)18-10-11-20(19(22)14-18)27-15-17-8-9-17/h10-11,14,16-17H,4-9,12-13,15H2,1-3H3,(H2,23,24,25). The summed E-state index contributed by atoms with van der Waals surface area (Å²) in [5, 5.41) is 6.58. The SMILES string of the molecule is CCNC(=NCCCCOCC)NC(C)c1ccc(OCC2CC2)c(F)c1. The third kappa shape index (κ3) is 8.16. The molecular weight excluding hydrogens is 345 g/mol. The molecule has 27 heavy (non-hydrogen) atoms. The lowest BCUT2D eigenvalue weighted by atomic mass is 10.1. The van der Waals surface area contributed by atoms with Gasteiger partial charge in [0.15, 0.2) is 17.5 Å². The van der Waals surface area contributed by atoms with Crippen molar-refractivity contribution in [3.05, 3.63) is 29.6 Å². The Morgan fingerprint density at radius 3 is 2.78 bits per heavy atom. The van der Waals surface area contributed by atoms with Crippen molar-refractivity contribution in [3.63, 3.8) is 0 Å². The second-order valence-corrected chi connectivity index (χ2v) is 6.97. The van der Waals surface area contributed by atoms with E-state index in [1.807, 2.05) is 26.8 Å². The first-order valence-corrected chi connectivity index (χ1v) is 10.2. The van der Waals surface area contributed by atoms with Crippen LogP contribution in [0.5, 0.6) is 5.75 Å². The molecule has 0 heterocycles. The van der Waals surface area contributed by atoms with Crippen LogP contribution in [0.1, 0.15) is 58.1 Å². The van der Waals surface area contributed by atoms with Gasteiger partial charge in [-0.3, -0.25) is 4.99 Å². The van der Waals surface area contributed by atoms with Crippen LogP contribution in [0.2, 0.25) is 0 Å². The van der Waals surface area contributed by atoms with Crippen LogP contribution in [0.4, 0.5) is 4.39 Å². The molecule has 1 atom stereocenters. The number of ether oxygens (including phenoxy) is 2. The molecule has 2 rings (SSSR count). The molecule has 1 fully saturated rings. The van der Waals surface area contributed by atoms with E-state index >= 15 is 0 Å². The van der Waals surface area contributed by atoms with Gasteiger partial charge in [-0.2, -0.15) is 0 Å². The molecule has 152 valence electrons. The van der Waals surface area contributed by atoms with Gasteiger partial charge >= 0.3 is 0 Å². The topological polar surface area (TPSA) is 54.9 Å². The summed E-state index contributed by atoms with van der Waals surface area (Å²) >= 11 is 0. The highest BCUT2D eigenvalue weighted by molar-refractivity contribution is 5.80. The summed E-state index contributed by atoms with van der Waals surface area (Å²) in [6.45, 7) is 9.69. The zero-order chi connectivity index (χ0) is 19.5. The monoisotopic (exact) mass is 379 g/mol. The molecular formula is C21H34FN3O2. The number of rotatable bonds is 12. The minimum atomic E-state index is -0.306. The predicted molar refractivity (Wildman–Crippen MR) is 108 cm³/mol. The van der Waals surface area contributed by atoms with E-state index in [2.05, 4.69) is 15.6 Å². The fourth-order valence-electron chi connectivity index (χ4n) is 2.66. The summed E-state index contributed by atoms with van der Waals surface area (Å²) in [7, 11) is 0. The lowest BCUT2D eigenvalue weighted by Crippen LogP contribution is -2.38. The first-order valence-electron chi connectivity index (χ1n) is 10.2. The number of guanidine groups is 1. The zero-order valence-electron chi connectivity index (χ0n) is 16.9. The number of hydrogen-bond acceptors (Lipinski definition) is 3. The molecule has 0 radical (unpaired) electrons. The predicted octanol–water partition coefficient (Wildman–Crippen LogP) is 4.05. The molecule has 6 heteroatoms. The summed E-state index contributed by atoms with van der Waals surface area (Å²) in [5.74, 6) is 1.39. The second kappa shape index (κ2) is 11.8. The molecule has 0 aliphatic heterocycles. The molecule has 2 N–H and O–H groups in total. The van der Waals surface area contributed by atoms with E-state index in [1.165, 1.54) is 12.8 Å². The van der Waals surface area contributed by atoms with Crippen LogP contribution in [0.15, 0.2) is 23.2 Å². The minimum absolute atomic E-state index is 0.0572. The van der Waals surface area contributed by atoms with Crippen LogP contribution in [0, 0.1) is 11.7 Å². The fourth-order valence-corrected chi connectivity index (χ4v) is 2.66. The smallest absolute Gasteiger partial charge is 0.191 e. The van der Waals surface area contributed by atoms with E-state index in [4.69, 9.17) is 9.47 Å². The maximum Gasteiger partial charge on any atom is 0.191 e. The Labute approximate surface area is 162 Å². The molecule has 0 spiro atoms. The average molecular weight is 380 g/mol. The fraction of sp³-hybridized carbons (Fsp3) is 0.667. The highest BCUT2D eigenvalue weighted by atomic mass is 19.1. The van der Waals surface area contributed by atoms with Crippen molar-refractivity contribution in [3.8, 4) is 5.75 Å². The molecule has 0 aromatic heterocycles. The Morgan fingerprint density at radius 1 is 1.30 bits per heavy atom. The Kier molecular flexibility index (Phi) is 9.39. The number of nitrogens with zero attached hydrogens (tertiary/aromatic N) is 1. The van der Waals surface area contributed by atoms with E-state index in [0.717, 1.165) is 50.7 Å². The third-order valence-corrected chi connectivity index (χ3v) is 4.50. The Hall–Kier alpha value is -1.82. The number of nitrogens with one attached hydrogen (secondary N) is 2. The van der Waals surface area contributed by atoms with Crippen molar-refractivity contribution in [1.82, 2.24) is 10.6 Å². The number of benzene rings is 1. The number of hydrogen-bond donors (Lipinski definition) is 2. The first kappa shape index (κ1) is 21.5. The normalized spacial score (nSPS) is 15.5. The lowest BCUT2D eigenvalue weighted by Gasteiger charge is -2.19. The van der Waals surface area contributed by atoms with Crippen molar-refractivity contribution < 1.29 is 13.9 Å². The van der Waals surface area contributed by atoms with Gasteiger partial charge < -0.3 is 20.1 Å². The van der Waals surface area contributed by atoms with Gasteiger partial charge in [0.2, 0.25) is 0 Å². The van der Waals surface area contributed by atoms with E-state index in [9.17, 15) is 4.39 Å². The van der Waals surface area contributed by atoms with Crippen molar-refractivity contribution in [2.75, 3.05) is 32.9 Å². The highest BCUT2D eigenvalue weighted by Gasteiger charge is 2.22. The van der Waals surface area contributed by atoms with Gasteiger partial charge in [0.1, 0.15) is 0 Å². The molecule has 0 bridgehead atoms. The summed E-state index contributed by atoms with van der Waals surface area (Å²) in [4.78, 5) is 4.59. The zero-order valence-corrected chi connectivity index (χ0v) is 16.9.